The minimum atomic E-state index is -2.99. The number of phenolic OH excluding ortho intramolecular Hbond substituents is 1. The Labute approximate surface area is 281 Å². The van der Waals surface area contributed by atoms with Gasteiger partial charge in [0.2, 0.25) is 11.7 Å². The van der Waals surface area contributed by atoms with Crippen molar-refractivity contribution in [2.24, 2.45) is 17.6 Å². The molecule has 0 bridgehead atoms. The van der Waals surface area contributed by atoms with Crippen LogP contribution < -0.4 is 11.1 Å². The number of primary amides is 1. The van der Waals surface area contributed by atoms with E-state index in [9.17, 15) is 44.7 Å². The number of rotatable bonds is 15. The summed E-state index contributed by atoms with van der Waals surface area (Å²) < 4.78 is 0. The number of phenols is 1. The van der Waals surface area contributed by atoms with Crippen LogP contribution >= 0.6 is 0 Å². The fourth-order valence-electron chi connectivity index (χ4n) is 7.89. The van der Waals surface area contributed by atoms with E-state index in [0.29, 0.717) is 12.0 Å². The summed E-state index contributed by atoms with van der Waals surface area (Å²) >= 11 is 0. The molecule has 12 nitrogen and oxygen atoms in total. The second-order valence-electron chi connectivity index (χ2n) is 13.8. The first-order chi connectivity index (χ1) is 22.7. The van der Waals surface area contributed by atoms with Gasteiger partial charge in [-0.15, -0.1) is 0 Å². The zero-order valence-corrected chi connectivity index (χ0v) is 28.4. The summed E-state index contributed by atoms with van der Waals surface area (Å²) in [6.07, 6.45) is 11.1. The molecule has 0 radical (unpaired) electrons. The third kappa shape index (κ3) is 6.62. The number of Topliss-reactive ketones (excluding diaryl/α,β-unsaturated/α-hetero) is 2. The highest BCUT2D eigenvalue weighted by atomic mass is 16.4. The van der Waals surface area contributed by atoms with E-state index < -0.39 is 81.4 Å². The van der Waals surface area contributed by atoms with Crippen molar-refractivity contribution in [2.45, 2.75) is 115 Å². The number of likely N-dealkylation sites (N-methyl/N-ethyl adjacent to an activating group) is 1. The van der Waals surface area contributed by atoms with Crippen LogP contribution in [0.5, 0.6) is 5.75 Å². The van der Waals surface area contributed by atoms with E-state index in [1.165, 1.54) is 70.0 Å². The number of aliphatic hydroxyl groups is 4. The maximum Gasteiger partial charge on any atom is 0.255 e. The summed E-state index contributed by atoms with van der Waals surface area (Å²) in [4.78, 5) is 53.9. The van der Waals surface area contributed by atoms with Gasteiger partial charge in [0, 0.05) is 17.9 Å². The molecular weight excluding hydrogens is 618 g/mol. The molecule has 3 aliphatic carbocycles. The minimum absolute atomic E-state index is 0.0147. The number of benzene rings is 1. The van der Waals surface area contributed by atoms with E-state index in [1.54, 1.807) is 13.0 Å². The predicted octanol–water partition coefficient (Wildman–Crippen LogP) is 4.29. The zero-order valence-electron chi connectivity index (χ0n) is 28.4. The quantitative estimate of drug-likeness (QED) is 0.0800. The van der Waals surface area contributed by atoms with Crippen LogP contribution in [0.1, 0.15) is 113 Å². The Morgan fingerprint density at radius 1 is 0.938 bits per heavy atom. The molecule has 2 unspecified atom stereocenters. The van der Waals surface area contributed by atoms with Gasteiger partial charge < -0.3 is 36.6 Å². The van der Waals surface area contributed by atoms with Crippen molar-refractivity contribution < 1.29 is 44.7 Å². The van der Waals surface area contributed by atoms with Gasteiger partial charge >= 0.3 is 0 Å². The van der Waals surface area contributed by atoms with Gasteiger partial charge in [0.25, 0.3) is 5.91 Å². The van der Waals surface area contributed by atoms with Crippen LogP contribution in [0.3, 0.4) is 0 Å². The second kappa shape index (κ2) is 15.2. The number of aliphatic hydroxyl groups excluding tert-OH is 3. The van der Waals surface area contributed by atoms with Crippen molar-refractivity contribution in [3.63, 3.8) is 0 Å². The molecule has 264 valence electrons. The Balaban J connectivity index is 1.53. The first-order valence-electron chi connectivity index (χ1n) is 17.2. The number of nitrogens with two attached hydrogens (primary N) is 1. The molecule has 3 aliphatic rings. The van der Waals surface area contributed by atoms with Crippen LogP contribution in [-0.4, -0.2) is 85.7 Å². The predicted molar refractivity (Wildman–Crippen MR) is 179 cm³/mol. The molecule has 2 amide bonds. The van der Waals surface area contributed by atoms with Gasteiger partial charge in [0.05, 0.1) is 29.3 Å². The number of anilines is 1. The van der Waals surface area contributed by atoms with E-state index in [1.807, 2.05) is 0 Å². The molecule has 0 saturated carbocycles. The molecule has 0 aromatic heterocycles. The van der Waals surface area contributed by atoms with E-state index in [-0.39, 0.29) is 23.6 Å². The molecule has 6 atom stereocenters. The standard InChI is InChI=1S/C36H51N3O9/c1-5-6-7-8-9-10-11-12-13-14-15-16-22(40)38-21-18-17-20-19(2)23-25(30(42)24(20)29(21)41)33(45)36(48)27(31(23)43)28(39(3)4)32(44)26(34(36)46)35(37)47/h17-19,23,27-28,31,41,43-45,48H,5-16H2,1-4H3,(H2,37,47)(H,38,40)/t19-,23?,27?,28-,31-,36-/m0/s1. The molecule has 0 spiro atoms. The number of aromatic hydroxyl groups is 1. The molecule has 0 heterocycles. The van der Waals surface area contributed by atoms with Gasteiger partial charge in [-0.05, 0) is 38.1 Å². The van der Waals surface area contributed by atoms with Gasteiger partial charge in [0.1, 0.15) is 17.1 Å². The minimum Gasteiger partial charge on any atom is -0.510 e. The molecular formula is C36H51N3O9. The zero-order chi connectivity index (χ0) is 35.5. The average Bonchev–Trinajstić information content (AvgIpc) is 3.02. The lowest BCUT2D eigenvalue weighted by molar-refractivity contribution is -0.162. The number of carbonyl (C=O) groups excluding carboxylic acids is 4. The van der Waals surface area contributed by atoms with Crippen molar-refractivity contribution in [3.05, 3.63) is 45.9 Å². The van der Waals surface area contributed by atoms with Gasteiger partial charge in [-0.3, -0.25) is 24.1 Å². The normalized spacial score (nSPS) is 26.8. The van der Waals surface area contributed by atoms with Crippen LogP contribution in [0.2, 0.25) is 0 Å². The number of carbonyl (C=O) groups is 4. The average molecular weight is 670 g/mol. The number of nitrogens with zero attached hydrogens (tertiary/aromatic N) is 1. The van der Waals surface area contributed by atoms with Crippen molar-refractivity contribution in [1.82, 2.24) is 4.90 Å². The summed E-state index contributed by atoms with van der Waals surface area (Å²) in [7, 11) is 2.96. The van der Waals surface area contributed by atoms with E-state index in [0.717, 1.165) is 19.3 Å². The fraction of sp³-hybridized carbons (Fsp3) is 0.611. The Bertz CT molecular complexity index is 1500. The van der Waals surface area contributed by atoms with E-state index in [2.05, 4.69) is 12.2 Å². The molecule has 0 fully saturated rings. The fourth-order valence-corrected chi connectivity index (χ4v) is 7.89. The van der Waals surface area contributed by atoms with Crippen molar-refractivity contribution >= 4 is 29.1 Å². The van der Waals surface area contributed by atoms with Crippen LogP contribution in [0.15, 0.2) is 34.8 Å². The highest BCUT2D eigenvalue weighted by Crippen LogP contribution is 2.56. The van der Waals surface area contributed by atoms with Gasteiger partial charge in [-0.1, -0.05) is 84.1 Å². The number of nitrogens with one attached hydrogen (secondary N) is 1. The van der Waals surface area contributed by atoms with Crippen molar-refractivity contribution in [1.29, 1.82) is 0 Å². The van der Waals surface area contributed by atoms with Gasteiger partial charge in [0.15, 0.2) is 17.1 Å². The smallest absolute Gasteiger partial charge is 0.255 e. The Kier molecular flexibility index (Phi) is 11.8. The number of fused-ring (bicyclic) bond motifs is 3. The van der Waals surface area contributed by atoms with Crippen LogP contribution in [0.25, 0.3) is 0 Å². The van der Waals surface area contributed by atoms with Crippen LogP contribution in [0.4, 0.5) is 5.69 Å². The summed E-state index contributed by atoms with van der Waals surface area (Å²) in [6, 6.07) is 1.69. The number of hydrogen-bond donors (Lipinski definition) is 7. The molecule has 8 N–H and O–H groups in total. The third-order valence-corrected chi connectivity index (χ3v) is 10.4. The molecule has 4 rings (SSSR count). The molecule has 0 saturated heterocycles. The first kappa shape index (κ1) is 37.1. The largest absolute Gasteiger partial charge is 0.510 e. The highest BCUT2D eigenvalue weighted by molar-refractivity contribution is 6.25. The van der Waals surface area contributed by atoms with Crippen molar-refractivity contribution in [2.75, 3.05) is 19.4 Å². The summed E-state index contributed by atoms with van der Waals surface area (Å²) in [5.41, 5.74) is 0.994. The number of ketones is 2. The van der Waals surface area contributed by atoms with E-state index >= 15 is 0 Å². The SMILES string of the molecule is CCCCCCCCCCCCCC(=O)Nc1ccc2c(c1O)C(=O)C1=C(O)[C@]3(O)C(=O)C(C(N)=O)=C(O)[C@@H](N(C)C)C3[C@@H](O)C1[C@H]2C. The molecule has 12 heteroatoms. The topological polar surface area (TPSA) is 211 Å². The lowest BCUT2D eigenvalue weighted by Crippen LogP contribution is -2.68. The lowest BCUT2D eigenvalue weighted by atomic mass is 9.55. The number of hydrogen-bond acceptors (Lipinski definition) is 10. The van der Waals surface area contributed by atoms with Crippen LogP contribution in [-0.2, 0) is 14.4 Å². The first-order valence-corrected chi connectivity index (χ1v) is 17.2. The lowest BCUT2D eigenvalue weighted by Gasteiger charge is -2.53. The summed E-state index contributed by atoms with van der Waals surface area (Å²) in [5.74, 6) is -9.96. The Morgan fingerprint density at radius 2 is 1.50 bits per heavy atom. The number of unbranched alkanes of at least 4 members (excludes halogenated alkanes) is 10. The van der Waals surface area contributed by atoms with Gasteiger partial charge in [-0.2, -0.15) is 0 Å². The second-order valence-corrected chi connectivity index (χ2v) is 13.8. The molecule has 1 aromatic carbocycles. The maximum atomic E-state index is 14.0. The molecule has 48 heavy (non-hydrogen) atoms. The van der Waals surface area contributed by atoms with Gasteiger partial charge in [-0.25, -0.2) is 0 Å². The Hall–Kier alpha value is -3.74. The molecule has 1 aromatic rings. The Morgan fingerprint density at radius 3 is 2.04 bits per heavy atom. The number of amides is 2. The van der Waals surface area contributed by atoms with Crippen molar-refractivity contribution in [3.8, 4) is 5.75 Å². The van der Waals surface area contributed by atoms with Crippen LogP contribution in [0, 0.1) is 11.8 Å². The third-order valence-electron chi connectivity index (χ3n) is 10.4. The summed E-state index contributed by atoms with van der Waals surface area (Å²) in [6.45, 7) is 3.86. The highest BCUT2D eigenvalue weighted by Gasteiger charge is 2.67. The molecule has 0 aliphatic heterocycles. The monoisotopic (exact) mass is 669 g/mol. The summed E-state index contributed by atoms with van der Waals surface area (Å²) in [5, 5.41) is 59.9. The maximum absolute atomic E-state index is 14.0. The van der Waals surface area contributed by atoms with E-state index in [4.69, 9.17) is 5.73 Å².